The third kappa shape index (κ3) is 5.04. The molecule has 0 aliphatic carbocycles. The fourth-order valence-electron chi connectivity index (χ4n) is 3.50. The third-order valence-electron chi connectivity index (χ3n) is 5.31. The van der Waals surface area contributed by atoms with E-state index in [-0.39, 0.29) is 0 Å². The van der Waals surface area contributed by atoms with Crippen LogP contribution in [0.5, 0.6) is 5.75 Å². The molecule has 0 radical (unpaired) electrons. The van der Waals surface area contributed by atoms with Gasteiger partial charge in [-0.15, -0.1) is 11.3 Å². The molecule has 2 heterocycles. The second-order valence-corrected chi connectivity index (χ2v) is 8.50. The molecule has 1 fully saturated rings. The van der Waals surface area contributed by atoms with Crippen LogP contribution < -0.4 is 4.74 Å². The number of benzene rings is 2. The Balaban J connectivity index is 1.40. The number of hydrogen-bond donors (Lipinski definition) is 0. The van der Waals surface area contributed by atoms with Crippen LogP contribution in [-0.4, -0.2) is 49.3 Å². The SMILES string of the molecule is CCc1ccc(-c2nc(-c3ccc(OCCN4CCOCC4)cc3)c(C)s2)cc1. The fourth-order valence-corrected chi connectivity index (χ4v) is 4.44. The first-order valence-corrected chi connectivity index (χ1v) is 11.1. The van der Waals surface area contributed by atoms with E-state index in [0.29, 0.717) is 6.61 Å². The predicted octanol–water partition coefficient (Wildman–Crippen LogP) is 5.06. The monoisotopic (exact) mass is 408 g/mol. The molecule has 0 amide bonds. The van der Waals surface area contributed by atoms with Crippen LogP contribution in [0.15, 0.2) is 48.5 Å². The maximum Gasteiger partial charge on any atom is 0.124 e. The van der Waals surface area contributed by atoms with Crippen LogP contribution in [0.2, 0.25) is 0 Å². The van der Waals surface area contributed by atoms with Gasteiger partial charge in [0.2, 0.25) is 0 Å². The van der Waals surface area contributed by atoms with Gasteiger partial charge in [0, 0.05) is 35.6 Å². The average molecular weight is 409 g/mol. The summed E-state index contributed by atoms with van der Waals surface area (Å²) in [5, 5.41) is 1.07. The molecule has 4 rings (SSSR count). The van der Waals surface area contributed by atoms with Crippen molar-refractivity contribution in [1.29, 1.82) is 0 Å². The van der Waals surface area contributed by atoms with Crippen molar-refractivity contribution in [2.24, 2.45) is 0 Å². The number of aryl methyl sites for hydroxylation is 2. The largest absolute Gasteiger partial charge is 0.492 e. The molecule has 0 saturated carbocycles. The number of morpholine rings is 1. The van der Waals surface area contributed by atoms with Gasteiger partial charge in [0.15, 0.2) is 0 Å². The standard InChI is InChI=1S/C24H28N2O2S/c1-3-19-4-6-21(7-5-19)24-25-23(18(2)29-24)20-8-10-22(11-9-20)28-17-14-26-12-15-27-16-13-26/h4-11H,3,12-17H2,1-2H3. The van der Waals surface area contributed by atoms with Crippen molar-refractivity contribution in [1.82, 2.24) is 9.88 Å². The van der Waals surface area contributed by atoms with Gasteiger partial charge in [0.1, 0.15) is 17.4 Å². The average Bonchev–Trinajstić information content (AvgIpc) is 3.17. The summed E-state index contributed by atoms with van der Waals surface area (Å²) in [4.78, 5) is 8.53. The molecule has 1 aromatic heterocycles. The molecule has 0 spiro atoms. The van der Waals surface area contributed by atoms with E-state index in [4.69, 9.17) is 14.5 Å². The van der Waals surface area contributed by atoms with E-state index < -0.39 is 0 Å². The number of hydrogen-bond acceptors (Lipinski definition) is 5. The summed E-state index contributed by atoms with van der Waals surface area (Å²) in [7, 11) is 0. The highest BCUT2D eigenvalue weighted by atomic mass is 32.1. The Morgan fingerprint density at radius 3 is 2.38 bits per heavy atom. The summed E-state index contributed by atoms with van der Waals surface area (Å²) < 4.78 is 11.3. The molecule has 1 saturated heterocycles. The van der Waals surface area contributed by atoms with Crippen molar-refractivity contribution in [3.8, 4) is 27.6 Å². The molecule has 4 nitrogen and oxygen atoms in total. The maximum absolute atomic E-state index is 5.93. The quantitative estimate of drug-likeness (QED) is 0.547. The Bertz CT molecular complexity index is 913. The van der Waals surface area contributed by atoms with E-state index in [1.165, 1.54) is 16.0 Å². The van der Waals surface area contributed by atoms with Crippen LogP contribution in [0.25, 0.3) is 21.8 Å². The molecule has 0 unspecified atom stereocenters. The number of aromatic nitrogens is 1. The molecule has 0 atom stereocenters. The van der Waals surface area contributed by atoms with Crippen molar-refractivity contribution >= 4 is 11.3 Å². The minimum atomic E-state index is 0.701. The first-order chi connectivity index (χ1) is 14.2. The van der Waals surface area contributed by atoms with E-state index in [1.807, 2.05) is 12.1 Å². The number of rotatable bonds is 7. The third-order valence-corrected chi connectivity index (χ3v) is 6.33. The molecule has 2 aromatic carbocycles. The van der Waals surface area contributed by atoms with Crippen LogP contribution in [0.3, 0.4) is 0 Å². The van der Waals surface area contributed by atoms with Gasteiger partial charge in [-0.1, -0.05) is 31.2 Å². The fraction of sp³-hybridized carbons (Fsp3) is 0.375. The molecule has 152 valence electrons. The zero-order valence-electron chi connectivity index (χ0n) is 17.2. The molecular weight excluding hydrogens is 380 g/mol. The van der Waals surface area contributed by atoms with Gasteiger partial charge < -0.3 is 9.47 Å². The Kier molecular flexibility index (Phi) is 6.60. The lowest BCUT2D eigenvalue weighted by Crippen LogP contribution is -2.38. The van der Waals surface area contributed by atoms with Gasteiger partial charge in [-0.05, 0) is 43.2 Å². The molecule has 0 bridgehead atoms. The molecular formula is C24H28N2O2S. The summed E-state index contributed by atoms with van der Waals surface area (Å²) in [6.45, 7) is 9.60. The highest BCUT2D eigenvalue weighted by molar-refractivity contribution is 7.15. The maximum atomic E-state index is 5.93. The summed E-state index contributed by atoms with van der Waals surface area (Å²) in [6.07, 6.45) is 1.06. The summed E-state index contributed by atoms with van der Waals surface area (Å²) in [5.41, 5.74) is 4.73. The Labute approximate surface area is 177 Å². The Hall–Kier alpha value is -2.21. The van der Waals surface area contributed by atoms with Gasteiger partial charge in [0.25, 0.3) is 0 Å². The molecule has 3 aromatic rings. The van der Waals surface area contributed by atoms with Gasteiger partial charge >= 0.3 is 0 Å². The molecule has 0 N–H and O–H groups in total. The first kappa shape index (κ1) is 20.1. The number of ether oxygens (including phenoxy) is 2. The minimum absolute atomic E-state index is 0.701. The van der Waals surface area contributed by atoms with Gasteiger partial charge in [-0.2, -0.15) is 0 Å². The van der Waals surface area contributed by atoms with Crippen molar-refractivity contribution in [2.45, 2.75) is 20.3 Å². The molecule has 1 aliphatic rings. The lowest BCUT2D eigenvalue weighted by molar-refractivity contribution is 0.0322. The van der Waals surface area contributed by atoms with E-state index in [1.54, 1.807) is 11.3 Å². The Morgan fingerprint density at radius 2 is 1.69 bits per heavy atom. The second-order valence-electron chi connectivity index (χ2n) is 7.30. The van der Waals surface area contributed by atoms with E-state index in [9.17, 15) is 0 Å². The lowest BCUT2D eigenvalue weighted by Gasteiger charge is -2.26. The van der Waals surface area contributed by atoms with E-state index in [0.717, 1.165) is 61.3 Å². The zero-order chi connectivity index (χ0) is 20.1. The van der Waals surface area contributed by atoms with Crippen LogP contribution in [0.1, 0.15) is 17.4 Å². The van der Waals surface area contributed by atoms with Gasteiger partial charge in [-0.25, -0.2) is 4.98 Å². The minimum Gasteiger partial charge on any atom is -0.492 e. The van der Waals surface area contributed by atoms with Gasteiger partial charge in [-0.3, -0.25) is 4.90 Å². The van der Waals surface area contributed by atoms with Crippen molar-refractivity contribution in [3.05, 3.63) is 59.0 Å². The zero-order valence-corrected chi connectivity index (χ0v) is 18.0. The topological polar surface area (TPSA) is 34.6 Å². The van der Waals surface area contributed by atoms with Crippen molar-refractivity contribution in [3.63, 3.8) is 0 Å². The van der Waals surface area contributed by atoms with Crippen LogP contribution in [-0.2, 0) is 11.2 Å². The number of nitrogens with zero attached hydrogens (tertiary/aromatic N) is 2. The highest BCUT2D eigenvalue weighted by Crippen LogP contribution is 2.34. The first-order valence-electron chi connectivity index (χ1n) is 10.3. The summed E-state index contributed by atoms with van der Waals surface area (Å²) in [5.74, 6) is 0.908. The van der Waals surface area contributed by atoms with E-state index in [2.05, 4.69) is 55.1 Å². The van der Waals surface area contributed by atoms with Crippen molar-refractivity contribution < 1.29 is 9.47 Å². The van der Waals surface area contributed by atoms with E-state index >= 15 is 0 Å². The van der Waals surface area contributed by atoms with Gasteiger partial charge in [0.05, 0.1) is 18.9 Å². The lowest BCUT2D eigenvalue weighted by atomic mass is 10.1. The molecule has 5 heteroatoms. The Morgan fingerprint density at radius 1 is 1.00 bits per heavy atom. The summed E-state index contributed by atoms with van der Waals surface area (Å²) >= 11 is 1.75. The summed E-state index contributed by atoms with van der Waals surface area (Å²) in [6, 6.07) is 17.0. The smallest absolute Gasteiger partial charge is 0.124 e. The second kappa shape index (κ2) is 9.53. The highest BCUT2D eigenvalue weighted by Gasteiger charge is 2.12. The van der Waals surface area contributed by atoms with Crippen LogP contribution in [0, 0.1) is 6.92 Å². The molecule has 29 heavy (non-hydrogen) atoms. The normalized spacial score (nSPS) is 14.8. The van der Waals surface area contributed by atoms with Crippen LogP contribution >= 0.6 is 11.3 Å². The van der Waals surface area contributed by atoms with Crippen LogP contribution in [0.4, 0.5) is 0 Å². The number of thiazole rings is 1. The predicted molar refractivity (Wildman–Crippen MR) is 120 cm³/mol. The molecule has 1 aliphatic heterocycles. The van der Waals surface area contributed by atoms with Crippen molar-refractivity contribution in [2.75, 3.05) is 39.5 Å².